The van der Waals surface area contributed by atoms with Crippen LogP contribution in [0.2, 0.25) is 0 Å². The summed E-state index contributed by atoms with van der Waals surface area (Å²) in [6.07, 6.45) is 0. The largest absolute Gasteiger partial charge is 0.350 e. The van der Waals surface area contributed by atoms with E-state index in [2.05, 4.69) is 10.6 Å². The lowest BCUT2D eigenvalue weighted by Crippen LogP contribution is -2.60. The van der Waals surface area contributed by atoms with Crippen molar-refractivity contribution in [1.29, 1.82) is 0 Å². The van der Waals surface area contributed by atoms with Gasteiger partial charge in [0.15, 0.2) is 0 Å². The van der Waals surface area contributed by atoms with Crippen LogP contribution in [0.1, 0.15) is 21.5 Å². The summed E-state index contributed by atoms with van der Waals surface area (Å²) in [6.45, 7) is 0.322. The van der Waals surface area contributed by atoms with Gasteiger partial charge in [0.2, 0.25) is 5.66 Å². The molecular weight excluding hydrogens is 338 g/mol. The van der Waals surface area contributed by atoms with Gasteiger partial charge in [-0.2, -0.15) is 0 Å². The first-order valence-corrected chi connectivity index (χ1v) is 8.84. The Labute approximate surface area is 156 Å². The van der Waals surface area contributed by atoms with Crippen LogP contribution in [0.3, 0.4) is 0 Å². The molecule has 3 aromatic rings. The van der Waals surface area contributed by atoms with E-state index in [1.807, 2.05) is 72.8 Å². The van der Waals surface area contributed by atoms with Gasteiger partial charge in [0.1, 0.15) is 0 Å². The van der Waals surface area contributed by atoms with Crippen molar-refractivity contribution < 1.29 is 9.59 Å². The number of amides is 2. The van der Waals surface area contributed by atoms with Crippen LogP contribution < -0.4 is 10.6 Å². The van der Waals surface area contributed by atoms with E-state index < -0.39 is 5.66 Å². The van der Waals surface area contributed by atoms with Crippen LogP contribution in [0.5, 0.6) is 0 Å². The number of carbonyl (C=O) groups is 2. The Balaban J connectivity index is 1.72. The summed E-state index contributed by atoms with van der Waals surface area (Å²) in [6, 6.07) is 24.5. The predicted molar refractivity (Wildman–Crippen MR) is 103 cm³/mol. The lowest BCUT2D eigenvalue weighted by atomic mass is 9.92. The topological polar surface area (TPSA) is 61.4 Å². The monoisotopic (exact) mass is 355 g/mol. The average molecular weight is 355 g/mol. The van der Waals surface area contributed by atoms with Gasteiger partial charge in [-0.3, -0.25) is 14.5 Å². The van der Waals surface area contributed by atoms with Crippen molar-refractivity contribution in [2.24, 2.45) is 0 Å². The second-order valence-electron chi connectivity index (χ2n) is 6.76. The summed E-state index contributed by atoms with van der Waals surface area (Å²) >= 11 is 0. The van der Waals surface area contributed by atoms with Crippen LogP contribution in [0.25, 0.3) is 0 Å². The van der Waals surface area contributed by atoms with Crippen LogP contribution in [0.15, 0.2) is 78.9 Å². The highest BCUT2D eigenvalue weighted by atomic mass is 16.2. The number of anilines is 2. The number of nitrogens with zero attached hydrogens (tertiary/aromatic N) is 1. The number of rotatable bonds is 2. The fraction of sp³-hybridized carbons (Fsp3) is 0.0909. The zero-order chi connectivity index (χ0) is 18.4. The van der Waals surface area contributed by atoms with Crippen LogP contribution in [-0.2, 0) is 17.0 Å². The number of benzene rings is 3. The summed E-state index contributed by atoms with van der Waals surface area (Å²) in [5.74, 6) is -0.414. The Bertz CT molecular complexity index is 1060. The first-order chi connectivity index (χ1) is 13.2. The van der Waals surface area contributed by atoms with E-state index >= 15 is 0 Å². The molecule has 27 heavy (non-hydrogen) atoms. The van der Waals surface area contributed by atoms with Gasteiger partial charge >= 0.3 is 0 Å². The molecule has 1 spiro atoms. The second kappa shape index (κ2) is 5.71. The SMILES string of the molecule is O=C1c2ccccc2NC2(C(=O)Nc3ccccc32)N1Cc1ccccc1. The number of carbonyl (C=O) groups excluding carboxylic acids is 2. The lowest BCUT2D eigenvalue weighted by molar-refractivity contribution is -0.125. The van der Waals surface area contributed by atoms with Crippen LogP contribution in [0.4, 0.5) is 11.4 Å². The van der Waals surface area contributed by atoms with Gasteiger partial charge in [-0.15, -0.1) is 0 Å². The molecule has 1 unspecified atom stereocenters. The maximum absolute atomic E-state index is 13.4. The predicted octanol–water partition coefficient (Wildman–Crippen LogP) is 3.56. The number of fused-ring (bicyclic) bond motifs is 3. The molecule has 2 heterocycles. The Morgan fingerprint density at radius 1 is 0.778 bits per heavy atom. The summed E-state index contributed by atoms with van der Waals surface area (Å²) < 4.78 is 0. The molecule has 5 nitrogen and oxygen atoms in total. The molecule has 0 bridgehead atoms. The van der Waals surface area contributed by atoms with Crippen LogP contribution in [0, 0.1) is 0 Å². The molecule has 0 saturated carbocycles. The molecule has 5 rings (SSSR count). The van der Waals surface area contributed by atoms with E-state index in [1.54, 1.807) is 11.0 Å². The highest BCUT2D eigenvalue weighted by Gasteiger charge is 2.56. The van der Waals surface area contributed by atoms with E-state index in [0.717, 1.165) is 16.8 Å². The number of hydrogen-bond acceptors (Lipinski definition) is 3. The van der Waals surface area contributed by atoms with Gasteiger partial charge in [-0.25, -0.2) is 0 Å². The van der Waals surface area contributed by atoms with Gasteiger partial charge in [0.25, 0.3) is 11.8 Å². The van der Waals surface area contributed by atoms with Gasteiger partial charge in [0, 0.05) is 23.5 Å². The second-order valence-corrected chi connectivity index (χ2v) is 6.76. The minimum Gasteiger partial charge on any atom is -0.350 e. The fourth-order valence-corrected chi connectivity index (χ4v) is 3.93. The average Bonchev–Trinajstić information content (AvgIpc) is 2.98. The van der Waals surface area contributed by atoms with E-state index in [4.69, 9.17) is 0 Å². The smallest absolute Gasteiger partial charge is 0.276 e. The maximum Gasteiger partial charge on any atom is 0.276 e. The molecular formula is C22H17N3O2. The number of nitrogens with one attached hydrogen (secondary N) is 2. The standard InChI is InChI=1S/C22H17N3O2/c26-20-16-10-4-6-12-18(16)24-22(25(20)14-15-8-2-1-3-9-15)17-11-5-7-13-19(17)23-21(22)27/h1-13,24H,14H2,(H,23,27). The molecule has 0 aliphatic carbocycles. The fourth-order valence-electron chi connectivity index (χ4n) is 3.93. The van der Waals surface area contributed by atoms with Crippen molar-refractivity contribution in [2.75, 3.05) is 10.6 Å². The van der Waals surface area contributed by atoms with Crippen LogP contribution >= 0.6 is 0 Å². The highest BCUT2D eigenvalue weighted by molar-refractivity contribution is 6.14. The van der Waals surface area contributed by atoms with Gasteiger partial charge in [0.05, 0.1) is 5.56 Å². The van der Waals surface area contributed by atoms with Gasteiger partial charge in [-0.05, 0) is 23.8 Å². The van der Waals surface area contributed by atoms with Crippen molar-refractivity contribution >= 4 is 23.2 Å². The zero-order valence-electron chi connectivity index (χ0n) is 14.5. The molecule has 2 N–H and O–H groups in total. The van der Waals surface area contributed by atoms with Crippen molar-refractivity contribution in [3.8, 4) is 0 Å². The number of para-hydroxylation sites is 2. The summed E-state index contributed by atoms with van der Waals surface area (Å²) in [5.41, 5.74) is 2.41. The molecule has 0 aromatic heterocycles. The first-order valence-electron chi connectivity index (χ1n) is 8.84. The Hall–Kier alpha value is -3.60. The molecule has 0 fully saturated rings. The lowest BCUT2D eigenvalue weighted by Gasteiger charge is -2.44. The van der Waals surface area contributed by atoms with Crippen molar-refractivity contribution in [3.05, 3.63) is 95.6 Å². The molecule has 3 aromatic carbocycles. The molecule has 2 aliphatic heterocycles. The third-order valence-electron chi connectivity index (χ3n) is 5.20. The van der Waals surface area contributed by atoms with Gasteiger partial charge in [-0.1, -0.05) is 60.7 Å². The highest BCUT2D eigenvalue weighted by Crippen LogP contribution is 2.45. The van der Waals surface area contributed by atoms with E-state index in [1.165, 1.54) is 0 Å². The van der Waals surface area contributed by atoms with Crippen LogP contribution in [-0.4, -0.2) is 16.7 Å². The molecule has 2 aliphatic rings. The normalized spacial score (nSPS) is 20.1. The van der Waals surface area contributed by atoms with E-state index in [9.17, 15) is 9.59 Å². The molecule has 1 atom stereocenters. The molecule has 0 radical (unpaired) electrons. The van der Waals surface area contributed by atoms with Crippen molar-refractivity contribution in [3.63, 3.8) is 0 Å². The quantitative estimate of drug-likeness (QED) is 0.739. The molecule has 2 amide bonds. The van der Waals surface area contributed by atoms with Gasteiger partial charge < -0.3 is 10.6 Å². The third kappa shape index (κ3) is 2.18. The minimum absolute atomic E-state index is 0.167. The van der Waals surface area contributed by atoms with Crippen molar-refractivity contribution in [1.82, 2.24) is 4.90 Å². The molecule has 132 valence electrons. The van der Waals surface area contributed by atoms with E-state index in [-0.39, 0.29) is 11.8 Å². The third-order valence-corrected chi connectivity index (χ3v) is 5.20. The Morgan fingerprint density at radius 3 is 2.26 bits per heavy atom. The summed E-state index contributed by atoms with van der Waals surface area (Å²) in [4.78, 5) is 28.3. The van der Waals surface area contributed by atoms with Crippen molar-refractivity contribution in [2.45, 2.75) is 12.2 Å². The molecule has 5 heteroatoms. The zero-order valence-corrected chi connectivity index (χ0v) is 14.5. The Kier molecular flexibility index (Phi) is 3.31. The minimum atomic E-state index is -1.27. The summed E-state index contributed by atoms with van der Waals surface area (Å²) in [5, 5.41) is 6.30. The number of hydrogen-bond donors (Lipinski definition) is 2. The summed E-state index contributed by atoms with van der Waals surface area (Å²) in [7, 11) is 0. The Morgan fingerprint density at radius 2 is 1.44 bits per heavy atom. The molecule has 0 saturated heterocycles. The van der Waals surface area contributed by atoms with E-state index in [0.29, 0.717) is 17.8 Å². The maximum atomic E-state index is 13.4. The first kappa shape index (κ1) is 15.6.